The first-order chi connectivity index (χ1) is 12.6. The van der Waals surface area contributed by atoms with Gasteiger partial charge in [0.2, 0.25) is 0 Å². The van der Waals surface area contributed by atoms with Crippen molar-refractivity contribution in [2.24, 2.45) is 0 Å². The van der Waals surface area contributed by atoms with E-state index in [1.54, 1.807) is 6.33 Å². The van der Waals surface area contributed by atoms with Crippen LogP contribution in [-0.2, 0) is 0 Å². The van der Waals surface area contributed by atoms with Gasteiger partial charge in [-0.25, -0.2) is 9.97 Å². The van der Waals surface area contributed by atoms with Gasteiger partial charge in [0.05, 0.1) is 0 Å². The molecule has 2 fully saturated rings. The molecule has 0 radical (unpaired) electrons. The number of aromatic amines is 1. The highest BCUT2D eigenvalue weighted by Gasteiger charge is 2.29. The quantitative estimate of drug-likeness (QED) is 0.851. The zero-order chi connectivity index (χ0) is 18.1. The molecule has 1 saturated heterocycles. The maximum Gasteiger partial charge on any atom is 0.274 e. The average molecular weight is 355 g/mol. The van der Waals surface area contributed by atoms with E-state index in [1.807, 2.05) is 36.0 Å². The van der Waals surface area contributed by atoms with Crippen LogP contribution in [0.25, 0.3) is 0 Å². The topological polar surface area (TPSA) is 90.0 Å². The van der Waals surface area contributed by atoms with Crippen LogP contribution in [0.2, 0.25) is 0 Å². The Morgan fingerprint density at radius 2 is 1.96 bits per heavy atom. The zero-order valence-electron chi connectivity index (χ0n) is 15.3. The van der Waals surface area contributed by atoms with Crippen LogP contribution in [0.15, 0.2) is 18.5 Å². The van der Waals surface area contributed by atoms with Gasteiger partial charge in [-0.2, -0.15) is 5.10 Å². The van der Waals surface area contributed by atoms with Crippen LogP contribution in [0.1, 0.15) is 47.8 Å². The second-order valence-corrected chi connectivity index (χ2v) is 7.35. The lowest BCUT2D eigenvalue weighted by Gasteiger charge is -2.32. The third kappa shape index (κ3) is 3.63. The van der Waals surface area contributed by atoms with Crippen molar-refractivity contribution in [1.29, 1.82) is 0 Å². The van der Waals surface area contributed by atoms with Crippen molar-refractivity contribution in [2.45, 2.75) is 37.6 Å². The van der Waals surface area contributed by atoms with Crippen molar-refractivity contribution in [2.75, 3.05) is 37.4 Å². The summed E-state index contributed by atoms with van der Waals surface area (Å²) in [5.74, 6) is 2.32. The maximum atomic E-state index is 12.6. The molecule has 2 aliphatic rings. The van der Waals surface area contributed by atoms with Crippen LogP contribution in [0.3, 0.4) is 0 Å². The summed E-state index contributed by atoms with van der Waals surface area (Å²) in [4.78, 5) is 25.0. The summed E-state index contributed by atoms with van der Waals surface area (Å²) in [7, 11) is 3.92. The van der Waals surface area contributed by atoms with Gasteiger partial charge in [0.15, 0.2) is 0 Å². The molecule has 8 nitrogen and oxygen atoms in total. The molecule has 26 heavy (non-hydrogen) atoms. The number of H-pyrrole nitrogens is 1. The fraction of sp³-hybridized carbons (Fsp3) is 0.556. The largest absolute Gasteiger partial charge is 0.367 e. The highest BCUT2D eigenvalue weighted by atomic mass is 16.2. The number of amides is 1. The van der Waals surface area contributed by atoms with Gasteiger partial charge >= 0.3 is 0 Å². The van der Waals surface area contributed by atoms with E-state index in [4.69, 9.17) is 0 Å². The number of piperidine rings is 1. The summed E-state index contributed by atoms with van der Waals surface area (Å²) >= 11 is 0. The zero-order valence-corrected chi connectivity index (χ0v) is 15.3. The second kappa shape index (κ2) is 6.93. The number of aromatic nitrogens is 4. The number of likely N-dealkylation sites (tertiary alicyclic amines) is 1. The molecule has 0 bridgehead atoms. The molecule has 3 heterocycles. The van der Waals surface area contributed by atoms with E-state index in [0.717, 1.165) is 43.3 Å². The first-order valence-corrected chi connectivity index (χ1v) is 9.20. The summed E-state index contributed by atoms with van der Waals surface area (Å²) in [5, 5.41) is 10.7. The number of anilines is 2. The second-order valence-electron chi connectivity index (χ2n) is 7.35. The van der Waals surface area contributed by atoms with Crippen LogP contribution in [0, 0.1) is 0 Å². The Kier molecular flexibility index (Phi) is 4.48. The summed E-state index contributed by atoms with van der Waals surface area (Å²) < 4.78 is 0. The van der Waals surface area contributed by atoms with Gasteiger partial charge in [-0.15, -0.1) is 0 Å². The third-order valence-electron chi connectivity index (χ3n) is 5.08. The average Bonchev–Trinajstić information content (AvgIpc) is 3.39. The Morgan fingerprint density at radius 3 is 2.65 bits per heavy atom. The minimum atomic E-state index is 0.0310. The van der Waals surface area contributed by atoms with Crippen LogP contribution >= 0.6 is 0 Å². The first kappa shape index (κ1) is 16.8. The fourth-order valence-electron chi connectivity index (χ4n) is 3.32. The number of carbonyl (C=O) groups is 1. The number of nitrogens with one attached hydrogen (secondary N) is 2. The van der Waals surface area contributed by atoms with Gasteiger partial charge in [0, 0.05) is 50.9 Å². The SMILES string of the molecule is CN(C)c1cc(NC2CCN(C(=O)c3cc(C4CC4)[nH]n3)CC2)ncn1. The summed E-state index contributed by atoms with van der Waals surface area (Å²) in [5.41, 5.74) is 1.65. The van der Waals surface area contributed by atoms with Crippen LogP contribution in [0.4, 0.5) is 11.6 Å². The number of rotatable bonds is 5. The van der Waals surface area contributed by atoms with E-state index in [0.29, 0.717) is 17.7 Å². The minimum absolute atomic E-state index is 0.0310. The predicted octanol–water partition coefficient (Wildman–Crippen LogP) is 1.86. The standard InChI is InChI=1S/C18H25N7O/c1-24(2)17-10-16(19-11-20-17)21-13-5-7-25(8-6-13)18(26)15-9-14(22-23-15)12-3-4-12/h9-13H,3-8H2,1-2H3,(H,22,23)(H,19,20,21). The Labute approximate surface area is 153 Å². The summed E-state index contributed by atoms with van der Waals surface area (Å²) in [6, 6.07) is 4.18. The van der Waals surface area contributed by atoms with E-state index in [1.165, 1.54) is 12.8 Å². The molecule has 1 aliphatic carbocycles. The molecule has 0 atom stereocenters. The molecule has 1 saturated carbocycles. The number of carbonyl (C=O) groups excluding carboxylic acids is 1. The van der Waals surface area contributed by atoms with Crippen molar-refractivity contribution >= 4 is 17.5 Å². The van der Waals surface area contributed by atoms with Gasteiger partial charge in [0.25, 0.3) is 5.91 Å². The number of hydrogen-bond donors (Lipinski definition) is 2. The highest BCUT2D eigenvalue weighted by molar-refractivity contribution is 5.92. The Morgan fingerprint density at radius 1 is 1.19 bits per heavy atom. The minimum Gasteiger partial charge on any atom is -0.367 e. The van der Waals surface area contributed by atoms with Gasteiger partial charge in [-0.1, -0.05) is 0 Å². The van der Waals surface area contributed by atoms with Crippen LogP contribution in [-0.4, -0.2) is 64.2 Å². The Hall–Kier alpha value is -2.64. The molecule has 2 aromatic heterocycles. The number of hydrogen-bond acceptors (Lipinski definition) is 6. The van der Waals surface area contributed by atoms with Crippen molar-refractivity contribution in [3.63, 3.8) is 0 Å². The van der Waals surface area contributed by atoms with Gasteiger partial charge in [-0.05, 0) is 31.7 Å². The molecular weight excluding hydrogens is 330 g/mol. The molecule has 1 aliphatic heterocycles. The highest BCUT2D eigenvalue weighted by Crippen LogP contribution is 2.39. The molecule has 0 spiro atoms. The lowest BCUT2D eigenvalue weighted by Crippen LogP contribution is -2.42. The number of nitrogens with zero attached hydrogens (tertiary/aromatic N) is 5. The van der Waals surface area contributed by atoms with E-state index < -0.39 is 0 Å². The molecular formula is C18H25N7O. The van der Waals surface area contributed by atoms with E-state index >= 15 is 0 Å². The lowest BCUT2D eigenvalue weighted by atomic mass is 10.0. The van der Waals surface area contributed by atoms with Gasteiger partial charge in [-0.3, -0.25) is 9.89 Å². The molecule has 2 N–H and O–H groups in total. The third-order valence-corrected chi connectivity index (χ3v) is 5.08. The first-order valence-electron chi connectivity index (χ1n) is 9.20. The van der Waals surface area contributed by atoms with Crippen molar-refractivity contribution in [3.8, 4) is 0 Å². The van der Waals surface area contributed by atoms with E-state index in [-0.39, 0.29) is 5.91 Å². The Bertz CT molecular complexity index is 775. The normalized spacial score (nSPS) is 18.0. The molecule has 2 aromatic rings. The molecule has 138 valence electrons. The van der Waals surface area contributed by atoms with Crippen LogP contribution < -0.4 is 10.2 Å². The van der Waals surface area contributed by atoms with Gasteiger partial charge in [0.1, 0.15) is 23.7 Å². The molecule has 8 heteroatoms. The van der Waals surface area contributed by atoms with Crippen molar-refractivity contribution in [3.05, 3.63) is 29.8 Å². The van der Waals surface area contributed by atoms with E-state index in [2.05, 4.69) is 25.5 Å². The molecule has 4 rings (SSSR count). The van der Waals surface area contributed by atoms with Crippen molar-refractivity contribution in [1.82, 2.24) is 25.1 Å². The summed E-state index contributed by atoms with van der Waals surface area (Å²) in [6.45, 7) is 1.46. The summed E-state index contributed by atoms with van der Waals surface area (Å²) in [6.07, 6.45) is 5.77. The maximum absolute atomic E-state index is 12.6. The van der Waals surface area contributed by atoms with Crippen molar-refractivity contribution < 1.29 is 4.79 Å². The monoisotopic (exact) mass is 355 g/mol. The molecule has 0 aromatic carbocycles. The van der Waals surface area contributed by atoms with E-state index in [9.17, 15) is 4.79 Å². The lowest BCUT2D eigenvalue weighted by molar-refractivity contribution is 0.0712. The van der Waals surface area contributed by atoms with Crippen LogP contribution in [0.5, 0.6) is 0 Å². The Balaban J connectivity index is 1.32. The molecule has 1 amide bonds. The molecule has 0 unspecified atom stereocenters. The predicted molar refractivity (Wildman–Crippen MR) is 99.5 cm³/mol. The fourth-order valence-corrected chi connectivity index (χ4v) is 3.32. The smallest absolute Gasteiger partial charge is 0.274 e. The van der Waals surface area contributed by atoms with Gasteiger partial charge < -0.3 is 15.1 Å².